The van der Waals surface area contributed by atoms with E-state index in [4.69, 9.17) is 11.6 Å². The van der Waals surface area contributed by atoms with Gasteiger partial charge in [-0.3, -0.25) is 0 Å². The fraction of sp³-hybridized carbons (Fsp3) is 0.417. The number of rotatable bonds is 6. The van der Waals surface area contributed by atoms with Crippen LogP contribution < -0.4 is 0 Å². The van der Waals surface area contributed by atoms with Gasteiger partial charge in [-0.25, -0.2) is 13.1 Å². The Kier molecular flexibility index (Phi) is 6.26. The van der Waals surface area contributed by atoms with Gasteiger partial charge in [-0.15, -0.1) is 5.10 Å². The molecule has 1 aromatic heterocycles. The summed E-state index contributed by atoms with van der Waals surface area (Å²) in [6.07, 6.45) is 6.16. The predicted octanol–water partition coefficient (Wildman–Crippen LogP) is 3.88. The molecule has 5 rings (SSSR count). The Hall–Kier alpha value is -2.26. The lowest BCUT2D eigenvalue weighted by molar-refractivity contribution is 0.186. The fourth-order valence-corrected chi connectivity index (χ4v) is 7.35. The van der Waals surface area contributed by atoms with E-state index in [1.807, 2.05) is 42.5 Å². The van der Waals surface area contributed by atoms with Crippen molar-refractivity contribution in [2.75, 3.05) is 6.61 Å². The summed E-state index contributed by atoms with van der Waals surface area (Å²) in [5.74, 6) is 0.298. The van der Waals surface area contributed by atoms with Crippen molar-refractivity contribution in [2.45, 2.75) is 55.3 Å². The maximum absolute atomic E-state index is 13.7. The maximum atomic E-state index is 13.7. The summed E-state index contributed by atoms with van der Waals surface area (Å²) in [6.45, 7) is -0.183. The molecule has 2 fully saturated rings. The van der Waals surface area contributed by atoms with Crippen LogP contribution in [0.1, 0.15) is 49.3 Å². The second-order valence-electron chi connectivity index (χ2n) is 8.92. The smallest absolute Gasteiger partial charge is 0.264 e. The number of halogens is 1. The Bertz CT molecular complexity index is 1200. The van der Waals surface area contributed by atoms with E-state index in [1.165, 1.54) is 10.5 Å². The van der Waals surface area contributed by atoms with Crippen LogP contribution in [0.3, 0.4) is 0 Å². The van der Waals surface area contributed by atoms with Crippen LogP contribution in [0.25, 0.3) is 0 Å². The highest BCUT2D eigenvalue weighted by Gasteiger charge is 2.48. The minimum absolute atomic E-state index is 0.0766. The van der Waals surface area contributed by atoms with E-state index in [9.17, 15) is 13.5 Å². The second-order valence-corrected chi connectivity index (χ2v) is 11.1. The number of benzene rings is 2. The number of hydrogen-bond acceptors (Lipinski definition) is 5. The molecule has 2 aromatic carbocycles. The highest BCUT2D eigenvalue weighted by molar-refractivity contribution is 7.89. The third-order valence-electron chi connectivity index (χ3n) is 6.94. The van der Waals surface area contributed by atoms with Crippen LogP contribution in [0.4, 0.5) is 0 Å². The lowest BCUT2D eigenvalue weighted by Gasteiger charge is -2.31. The molecule has 33 heavy (non-hydrogen) atoms. The van der Waals surface area contributed by atoms with Crippen molar-refractivity contribution in [2.24, 2.45) is 5.92 Å². The SMILES string of the molecule is O=S(=O)(c1cn(C(c2ccccc2)c2ccc(Cl)cc2)nn1)N1[C@@H](CO)C[C@H]2CCCC[C@H]21. The number of sulfonamides is 1. The number of hydrogen-bond donors (Lipinski definition) is 1. The Morgan fingerprint density at radius 2 is 1.73 bits per heavy atom. The first kappa shape index (κ1) is 22.5. The van der Waals surface area contributed by atoms with Crippen LogP contribution in [-0.4, -0.2) is 51.5 Å². The summed E-state index contributed by atoms with van der Waals surface area (Å²) < 4.78 is 30.5. The zero-order chi connectivity index (χ0) is 23.0. The molecule has 0 amide bonds. The molecule has 0 bridgehead atoms. The van der Waals surface area contributed by atoms with Crippen molar-refractivity contribution in [1.29, 1.82) is 0 Å². The molecule has 4 atom stereocenters. The third kappa shape index (κ3) is 4.21. The van der Waals surface area contributed by atoms with Crippen molar-refractivity contribution in [1.82, 2.24) is 19.3 Å². The standard InChI is InChI=1S/C24H27ClN4O3S/c25-20-12-10-18(11-13-20)24(17-6-2-1-3-7-17)28-15-23(26-27-28)33(31,32)29-21(16-30)14-19-8-4-5-9-22(19)29/h1-3,6-7,10-13,15,19,21-22,24,30H,4-5,8-9,14,16H2/t19-,21-,22-,24?/m1/s1. The number of aromatic nitrogens is 3. The van der Waals surface area contributed by atoms with E-state index in [2.05, 4.69) is 10.3 Å². The second kappa shape index (κ2) is 9.18. The van der Waals surface area contributed by atoms with Crippen LogP contribution in [0.15, 0.2) is 65.8 Å². The van der Waals surface area contributed by atoms with E-state index in [0.717, 1.165) is 36.8 Å². The summed E-state index contributed by atoms with van der Waals surface area (Å²) in [6, 6.07) is 16.3. The molecule has 1 aliphatic carbocycles. The van der Waals surface area contributed by atoms with Crippen LogP contribution in [-0.2, 0) is 10.0 Å². The molecule has 0 spiro atoms. The van der Waals surface area contributed by atoms with Gasteiger partial charge in [0.15, 0.2) is 0 Å². The average molecular weight is 487 g/mol. The summed E-state index contributed by atoms with van der Waals surface area (Å²) in [5.41, 5.74) is 1.87. The van der Waals surface area contributed by atoms with Gasteiger partial charge in [0.2, 0.25) is 5.03 Å². The van der Waals surface area contributed by atoms with Gasteiger partial charge < -0.3 is 5.11 Å². The molecule has 1 saturated heterocycles. The molecule has 7 nitrogen and oxygen atoms in total. The van der Waals surface area contributed by atoms with Gasteiger partial charge in [-0.2, -0.15) is 4.31 Å². The minimum Gasteiger partial charge on any atom is -0.395 e. The first-order valence-corrected chi connectivity index (χ1v) is 13.2. The van der Waals surface area contributed by atoms with Crippen LogP contribution in [0.2, 0.25) is 5.02 Å². The number of fused-ring (bicyclic) bond motifs is 1. The Labute approximate surface area is 199 Å². The van der Waals surface area contributed by atoms with E-state index >= 15 is 0 Å². The molecule has 3 aromatic rings. The lowest BCUT2D eigenvalue weighted by Crippen LogP contribution is -2.44. The van der Waals surface area contributed by atoms with Gasteiger partial charge in [0.1, 0.15) is 6.04 Å². The monoisotopic (exact) mass is 486 g/mol. The minimum atomic E-state index is -3.90. The highest BCUT2D eigenvalue weighted by Crippen LogP contribution is 2.42. The number of aliphatic hydroxyl groups excluding tert-OH is 1. The number of aliphatic hydroxyl groups is 1. The normalized spacial score (nSPS) is 24.5. The van der Waals surface area contributed by atoms with Gasteiger partial charge in [0, 0.05) is 17.1 Å². The van der Waals surface area contributed by atoms with Crippen LogP contribution in [0, 0.1) is 5.92 Å². The van der Waals surface area contributed by atoms with Crippen molar-refractivity contribution in [3.63, 3.8) is 0 Å². The molecule has 174 valence electrons. The summed E-state index contributed by atoms with van der Waals surface area (Å²) in [7, 11) is -3.90. The molecule has 2 heterocycles. The van der Waals surface area contributed by atoms with Crippen molar-refractivity contribution in [3.8, 4) is 0 Å². The van der Waals surface area contributed by atoms with Crippen molar-refractivity contribution in [3.05, 3.63) is 76.9 Å². The maximum Gasteiger partial charge on any atom is 0.264 e. The lowest BCUT2D eigenvalue weighted by atomic mass is 9.85. The van der Waals surface area contributed by atoms with Gasteiger partial charge in [-0.1, -0.05) is 72.1 Å². The average Bonchev–Trinajstić information content (AvgIpc) is 3.47. The zero-order valence-electron chi connectivity index (χ0n) is 18.2. The first-order chi connectivity index (χ1) is 16.0. The van der Waals surface area contributed by atoms with E-state index in [-0.39, 0.29) is 23.7 Å². The Morgan fingerprint density at radius 3 is 2.45 bits per heavy atom. The van der Waals surface area contributed by atoms with Gasteiger partial charge in [-0.05, 0) is 48.4 Å². The first-order valence-electron chi connectivity index (χ1n) is 11.4. The van der Waals surface area contributed by atoms with Gasteiger partial charge >= 0.3 is 0 Å². The fourth-order valence-electron chi connectivity index (χ4n) is 5.44. The molecular formula is C24H27ClN4O3S. The Morgan fingerprint density at radius 1 is 1.03 bits per heavy atom. The van der Waals surface area contributed by atoms with E-state index < -0.39 is 16.1 Å². The zero-order valence-corrected chi connectivity index (χ0v) is 19.7. The summed E-state index contributed by atoms with van der Waals surface area (Å²) in [4.78, 5) is 0. The number of nitrogens with zero attached hydrogens (tertiary/aromatic N) is 4. The molecule has 1 saturated carbocycles. The van der Waals surface area contributed by atoms with Crippen molar-refractivity contribution >= 4 is 21.6 Å². The third-order valence-corrected chi connectivity index (χ3v) is 9.03. The van der Waals surface area contributed by atoms with Crippen LogP contribution >= 0.6 is 11.6 Å². The predicted molar refractivity (Wildman–Crippen MR) is 125 cm³/mol. The molecule has 1 N–H and O–H groups in total. The quantitative estimate of drug-likeness (QED) is 0.571. The van der Waals surface area contributed by atoms with Gasteiger partial charge in [0.25, 0.3) is 10.0 Å². The summed E-state index contributed by atoms with van der Waals surface area (Å²) in [5, 5.41) is 18.8. The van der Waals surface area contributed by atoms with Crippen molar-refractivity contribution < 1.29 is 13.5 Å². The summed E-state index contributed by atoms with van der Waals surface area (Å²) >= 11 is 6.09. The molecule has 9 heteroatoms. The Balaban J connectivity index is 1.53. The molecule has 2 aliphatic rings. The molecule has 0 radical (unpaired) electrons. The van der Waals surface area contributed by atoms with E-state index in [0.29, 0.717) is 17.4 Å². The highest BCUT2D eigenvalue weighted by atomic mass is 35.5. The molecule has 1 aliphatic heterocycles. The topological polar surface area (TPSA) is 88.3 Å². The largest absolute Gasteiger partial charge is 0.395 e. The van der Waals surface area contributed by atoms with Gasteiger partial charge in [0.05, 0.1) is 12.8 Å². The molecular weight excluding hydrogens is 460 g/mol. The van der Waals surface area contributed by atoms with Crippen LogP contribution in [0.5, 0.6) is 0 Å². The molecule has 1 unspecified atom stereocenters. The van der Waals surface area contributed by atoms with E-state index in [1.54, 1.807) is 16.8 Å².